The van der Waals surface area contributed by atoms with E-state index in [0.717, 1.165) is 5.88 Å². The molecule has 0 aliphatic heterocycles. The van der Waals surface area contributed by atoms with Crippen LogP contribution >= 0.6 is 11.6 Å². The summed E-state index contributed by atoms with van der Waals surface area (Å²) in [5.74, 6) is 0.845. The first kappa shape index (κ1) is 25.8. The van der Waals surface area contributed by atoms with Crippen LogP contribution in [0.5, 0.6) is 0 Å². The molecule has 0 aromatic heterocycles. The SMILES string of the molecule is CCCCCCCCCCCCCCCCCl.N.[K]. The molecule has 0 saturated heterocycles. The fourth-order valence-corrected chi connectivity index (χ4v) is 2.48. The standard InChI is InChI=1S/C16H33Cl.K.H3N/c1-2-3-4-5-6-7-8-9-10-11-12-13-14-15-16-17;;/h2-16H2,1H3;;1H3. The van der Waals surface area contributed by atoms with E-state index in [9.17, 15) is 0 Å². The predicted molar refractivity (Wildman–Crippen MR) is 91.8 cm³/mol. The molecule has 0 unspecified atom stereocenters. The Morgan fingerprint density at radius 3 is 1.05 bits per heavy atom. The molecular weight excluding hydrogens is 281 g/mol. The summed E-state index contributed by atoms with van der Waals surface area (Å²) in [5.41, 5.74) is 0. The summed E-state index contributed by atoms with van der Waals surface area (Å²) in [5, 5.41) is 0. The van der Waals surface area contributed by atoms with E-state index in [1.165, 1.54) is 89.9 Å². The zero-order chi connectivity index (χ0) is 12.6. The van der Waals surface area contributed by atoms with E-state index in [1.807, 2.05) is 0 Å². The van der Waals surface area contributed by atoms with Gasteiger partial charge in [0.2, 0.25) is 0 Å². The van der Waals surface area contributed by atoms with Crippen LogP contribution < -0.4 is 6.15 Å². The minimum atomic E-state index is 0. The molecule has 0 bridgehead atoms. The van der Waals surface area contributed by atoms with Crippen molar-refractivity contribution in [1.82, 2.24) is 6.15 Å². The first-order chi connectivity index (χ1) is 8.41. The third-order valence-electron chi connectivity index (χ3n) is 3.49. The van der Waals surface area contributed by atoms with Crippen molar-refractivity contribution in [3.8, 4) is 0 Å². The van der Waals surface area contributed by atoms with Crippen LogP contribution in [0.25, 0.3) is 0 Å². The zero-order valence-electron chi connectivity index (χ0n) is 13.7. The molecule has 0 amide bonds. The smallest absolute Gasteiger partial charge is 0.0223 e. The number of unbranched alkanes of at least 4 members (excludes halogenated alkanes) is 13. The van der Waals surface area contributed by atoms with Crippen molar-refractivity contribution in [2.24, 2.45) is 0 Å². The summed E-state index contributed by atoms with van der Waals surface area (Å²) in [7, 11) is 0. The Hall–Kier alpha value is 1.89. The molecule has 3 heteroatoms. The molecule has 0 heterocycles. The van der Waals surface area contributed by atoms with Gasteiger partial charge in [0, 0.05) is 57.3 Å². The Bertz CT molecular complexity index is 120. The van der Waals surface area contributed by atoms with Crippen LogP contribution in [0.4, 0.5) is 0 Å². The zero-order valence-corrected chi connectivity index (χ0v) is 17.6. The third kappa shape index (κ3) is 25.2. The van der Waals surface area contributed by atoms with Crippen molar-refractivity contribution in [3.63, 3.8) is 0 Å². The number of hydrogen-bond donors (Lipinski definition) is 1. The minimum Gasteiger partial charge on any atom is -0.344 e. The average Bonchev–Trinajstić information content (AvgIpc) is 2.35. The summed E-state index contributed by atoms with van der Waals surface area (Å²) in [6.45, 7) is 2.28. The molecule has 0 saturated carbocycles. The summed E-state index contributed by atoms with van der Waals surface area (Å²) >= 11 is 5.64. The Balaban J connectivity index is -0.00000128. The third-order valence-corrected chi connectivity index (χ3v) is 3.75. The van der Waals surface area contributed by atoms with Crippen LogP contribution in [0.15, 0.2) is 0 Å². The molecule has 0 aliphatic carbocycles. The topological polar surface area (TPSA) is 35.0 Å². The van der Waals surface area contributed by atoms with Gasteiger partial charge in [-0.05, 0) is 6.42 Å². The Labute approximate surface area is 170 Å². The fourth-order valence-electron chi connectivity index (χ4n) is 2.29. The first-order valence-electron chi connectivity index (χ1n) is 7.97. The fraction of sp³-hybridized carbons (Fsp3) is 1.00. The van der Waals surface area contributed by atoms with Gasteiger partial charge in [0.15, 0.2) is 0 Å². The van der Waals surface area contributed by atoms with Crippen LogP contribution in [-0.4, -0.2) is 57.3 Å². The maximum atomic E-state index is 5.64. The molecule has 113 valence electrons. The van der Waals surface area contributed by atoms with Gasteiger partial charge in [0.05, 0.1) is 0 Å². The van der Waals surface area contributed by atoms with Crippen molar-refractivity contribution >= 4 is 63.0 Å². The van der Waals surface area contributed by atoms with Crippen LogP contribution in [0.3, 0.4) is 0 Å². The van der Waals surface area contributed by atoms with Gasteiger partial charge in [-0.25, -0.2) is 0 Å². The van der Waals surface area contributed by atoms with Crippen molar-refractivity contribution in [3.05, 3.63) is 0 Å². The van der Waals surface area contributed by atoms with Gasteiger partial charge in [0.25, 0.3) is 0 Å². The van der Waals surface area contributed by atoms with E-state index in [0.29, 0.717) is 0 Å². The van der Waals surface area contributed by atoms with Crippen molar-refractivity contribution in [2.45, 2.75) is 96.8 Å². The normalized spacial score (nSPS) is 9.79. The molecule has 0 aliphatic rings. The molecule has 0 fully saturated rings. The molecule has 0 atom stereocenters. The molecule has 19 heavy (non-hydrogen) atoms. The van der Waals surface area contributed by atoms with Crippen LogP contribution in [0, 0.1) is 0 Å². The van der Waals surface area contributed by atoms with Gasteiger partial charge < -0.3 is 6.15 Å². The van der Waals surface area contributed by atoms with E-state index < -0.39 is 0 Å². The summed E-state index contributed by atoms with van der Waals surface area (Å²) in [6.07, 6.45) is 19.8. The first-order valence-corrected chi connectivity index (χ1v) is 8.51. The Kier molecular flexibility index (Phi) is 33.8. The van der Waals surface area contributed by atoms with Gasteiger partial charge in [-0.2, -0.15) is 0 Å². The molecular formula is C16H36ClKN. The predicted octanol–water partition coefficient (Wildman–Crippen LogP) is 6.49. The largest absolute Gasteiger partial charge is 0.344 e. The quantitative estimate of drug-likeness (QED) is 0.222. The molecule has 0 aromatic carbocycles. The van der Waals surface area contributed by atoms with E-state index in [1.54, 1.807) is 0 Å². The molecule has 3 N–H and O–H groups in total. The number of halogens is 1. The van der Waals surface area contributed by atoms with E-state index in [-0.39, 0.29) is 57.5 Å². The number of rotatable bonds is 14. The van der Waals surface area contributed by atoms with Crippen molar-refractivity contribution in [2.75, 3.05) is 5.88 Å². The second-order valence-corrected chi connectivity index (χ2v) is 5.66. The Morgan fingerprint density at radius 2 is 0.789 bits per heavy atom. The second kappa shape index (κ2) is 24.9. The van der Waals surface area contributed by atoms with Gasteiger partial charge in [-0.15, -0.1) is 11.6 Å². The van der Waals surface area contributed by atoms with Gasteiger partial charge in [-0.1, -0.05) is 90.4 Å². The summed E-state index contributed by atoms with van der Waals surface area (Å²) < 4.78 is 0. The molecule has 0 rings (SSSR count). The van der Waals surface area contributed by atoms with E-state index in [2.05, 4.69) is 6.92 Å². The van der Waals surface area contributed by atoms with Gasteiger partial charge in [-0.3, -0.25) is 0 Å². The molecule has 1 nitrogen and oxygen atoms in total. The summed E-state index contributed by atoms with van der Waals surface area (Å²) in [4.78, 5) is 0. The Morgan fingerprint density at radius 1 is 0.526 bits per heavy atom. The van der Waals surface area contributed by atoms with E-state index in [4.69, 9.17) is 11.6 Å². The molecule has 0 spiro atoms. The van der Waals surface area contributed by atoms with Crippen LogP contribution in [0.1, 0.15) is 96.8 Å². The minimum absolute atomic E-state index is 0. The molecule has 0 aromatic rings. The van der Waals surface area contributed by atoms with Gasteiger partial charge in [0.1, 0.15) is 0 Å². The summed E-state index contributed by atoms with van der Waals surface area (Å²) in [6, 6.07) is 0. The maximum absolute atomic E-state index is 5.64. The van der Waals surface area contributed by atoms with Crippen LogP contribution in [0.2, 0.25) is 0 Å². The second-order valence-electron chi connectivity index (χ2n) is 5.29. The maximum Gasteiger partial charge on any atom is 0.0223 e. The van der Waals surface area contributed by atoms with Crippen molar-refractivity contribution in [1.29, 1.82) is 0 Å². The molecule has 1 radical (unpaired) electrons. The number of hydrogen-bond acceptors (Lipinski definition) is 1. The van der Waals surface area contributed by atoms with Crippen molar-refractivity contribution < 1.29 is 0 Å². The monoisotopic (exact) mass is 316 g/mol. The average molecular weight is 317 g/mol. The van der Waals surface area contributed by atoms with E-state index >= 15 is 0 Å². The van der Waals surface area contributed by atoms with Gasteiger partial charge >= 0.3 is 0 Å². The van der Waals surface area contributed by atoms with Crippen LogP contribution in [-0.2, 0) is 0 Å². The number of alkyl halides is 1.